The van der Waals surface area contributed by atoms with Crippen molar-refractivity contribution in [2.45, 2.75) is 12.5 Å². The van der Waals surface area contributed by atoms with Gasteiger partial charge in [-0.15, -0.1) is 0 Å². The molecule has 1 fully saturated rings. The Morgan fingerprint density at radius 3 is 2.69 bits per heavy atom. The number of carbonyl (C=O) groups excluding carboxylic acids is 1. The fourth-order valence-electron chi connectivity index (χ4n) is 2.88. The third-order valence-electron chi connectivity index (χ3n) is 4.23. The number of hydrogen-bond acceptors (Lipinski definition) is 5. The Morgan fingerprint density at radius 2 is 1.92 bits per heavy atom. The van der Waals surface area contributed by atoms with Crippen LogP contribution in [0, 0.1) is 10.1 Å². The molecular weight excluding hydrogens is 336 g/mol. The van der Waals surface area contributed by atoms with Crippen LogP contribution in [-0.2, 0) is 9.53 Å². The van der Waals surface area contributed by atoms with Crippen LogP contribution < -0.4 is 4.74 Å². The van der Waals surface area contributed by atoms with E-state index in [4.69, 9.17) is 9.47 Å². The molecule has 1 atom stereocenters. The average Bonchev–Trinajstić information content (AvgIpc) is 2.69. The molecule has 26 heavy (non-hydrogen) atoms. The lowest BCUT2D eigenvalue weighted by molar-refractivity contribution is -0.385. The van der Waals surface area contributed by atoms with Crippen LogP contribution in [0.2, 0.25) is 0 Å². The normalized spacial score (nSPS) is 16.9. The van der Waals surface area contributed by atoms with E-state index in [1.807, 2.05) is 30.3 Å². The molecule has 7 nitrogen and oxygen atoms in total. The Hall–Kier alpha value is -2.93. The van der Waals surface area contributed by atoms with Gasteiger partial charge in [0.15, 0.2) is 5.75 Å². The third kappa shape index (κ3) is 4.37. The highest BCUT2D eigenvalue weighted by molar-refractivity contribution is 5.76. The molecule has 0 saturated carbocycles. The quantitative estimate of drug-likeness (QED) is 0.587. The first kappa shape index (κ1) is 17.9. The van der Waals surface area contributed by atoms with Gasteiger partial charge >= 0.3 is 5.69 Å². The van der Waals surface area contributed by atoms with E-state index >= 15 is 0 Å². The minimum absolute atomic E-state index is 0.0483. The van der Waals surface area contributed by atoms with Crippen LogP contribution in [-0.4, -0.2) is 42.0 Å². The number of nitro benzene ring substituents is 1. The number of benzene rings is 2. The molecule has 0 bridgehead atoms. The van der Waals surface area contributed by atoms with Crippen molar-refractivity contribution in [2.24, 2.45) is 0 Å². The van der Waals surface area contributed by atoms with E-state index in [1.165, 1.54) is 12.1 Å². The second kappa shape index (κ2) is 8.44. The lowest BCUT2D eigenvalue weighted by Gasteiger charge is -2.33. The number of nitro groups is 1. The maximum Gasteiger partial charge on any atom is 0.310 e. The molecule has 0 aliphatic carbocycles. The molecule has 0 unspecified atom stereocenters. The Balaban J connectivity index is 1.53. The zero-order valence-electron chi connectivity index (χ0n) is 14.2. The van der Waals surface area contributed by atoms with E-state index in [9.17, 15) is 14.9 Å². The van der Waals surface area contributed by atoms with Gasteiger partial charge < -0.3 is 14.4 Å². The molecular formula is C19H20N2O5. The van der Waals surface area contributed by atoms with Gasteiger partial charge in [-0.2, -0.15) is 0 Å². The molecule has 1 heterocycles. The van der Waals surface area contributed by atoms with Crippen LogP contribution in [0.15, 0.2) is 54.6 Å². The van der Waals surface area contributed by atoms with Crippen molar-refractivity contribution in [1.29, 1.82) is 0 Å². The lowest BCUT2D eigenvalue weighted by atomic mass is 10.1. The van der Waals surface area contributed by atoms with Crippen molar-refractivity contribution in [3.8, 4) is 5.75 Å². The Kier molecular flexibility index (Phi) is 5.80. The van der Waals surface area contributed by atoms with E-state index in [0.717, 1.165) is 5.56 Å². The number of rotatable bonds is 6. The Labute approximate surface area is 151 Å². The van der Waals surface area contributed by atoms with Gasteiger partial charge in [-0.3, -0.25) is 14.9 Å². The molecule has 1 amide bonds. The first-order valence-electron chi connectivity index (χ1n) is 8.45. The summed E-state index contributed by atoms with van der Waals surface area (Å²) in [6.07, 6.45) is 0.0260. The highest BCUT2D eigenvalue weighted by Crippen LogP contribution is 2.26. The van der Waals surface area contributed by atoms with Crippen molar-refractivity contribution < 1.29 is 19.2 Å². The molecule has 136 valence electrons. The van der Waals surface area contributed by atoms with E-state index in [2.05, 4.69) is 0 Å². The smallest absolute Gasteiger partial charge is 0.310 e. The van der Waals surface area contributed by atoms with Crippen LogP contribution in [0.25, 0.3) is 0 Å². The van der Waals surface area contributed by atoms with Crippen LogP contribution in [0.1, 0.15) is 18.1 Å². The zero-order valence-corrected chi connectivity index (χ0v) is 14.2. The number of carbonyl (C=O) groups is 1. The summed E-state index contributed by atoms with van der Waals surface area (Å²) in [6, 6.07) is 15.9. The Bertz CT molecular complexity index is 766. The topological polar surface area (TPSA) is 81.9 Å². The molecule has 1 aliphatic rings. The highest BCUT2D eigenvalue weighted by atomic mass is 16.6. The van der Waals surface area contributed by atoms with Gasteiger partial charge in [0.25, 0.3) is 0 Å². The average molecular weight is 356 g/mol. The monoisotopic (exact) mass is 356 g/mol. The summed E-state index contributed by atoms with van der Waals surface area (Å²) in [5, 5.41) is 11.0. The molecule has 1 aliphatic heterocycles. The van der Waals surface area contributed by atoms with Crippen molar-refractivity contribution in [3.63, 3.8) is 0 Å². The van der Waals surface area contributed by atoms with Crippen molar-refractivity contribution in [3.05, 3.63) is 70.3 Å². The van der Waals surface area contributed by atoms with Crippen LogP contribution in [0.4, 0.5) is 5.69 Å². The fraction of sp³-hybridized carbons (Fsp3) is 0.316. The largest absolute Gasteiger partial charge is 0.486 e. The molecule has 2 aromatic rings. The minimum atomic E-state index is -0.496. The molecule has 0 aromatic heterocycles. The number of ether oxygens (including phenoxy) is 2. The van der Waals surface area contributed by atoms with Gasteiger partial charge in [0.1, 0.15) is 6.10 Å². The molecule has 7 heteroatoms. The molecule has 0 spiro atoms. The maximum atomic E-state index is 12.4. The standard InChI is InChI=1S/C19H20N2O5/c22-19(10-12-25-17-9-5-4-8-16(17)21(23)24)20-11-13-26-18(14-20)15-6-2-1-3-7-15/h1-9,18H,10-14H2/t18-/m1/s1. The van der Waals surface area contributed by atoms with Crippen LogP contribution in [0.3, 0.4) is 0 Å². The molecule has 0 radical (unpaired) electrons. The lowest BCUT2D eigenvalue weighted by Crippen LogP contribution is -2.42. The number of para-hydroxylation sites is 2. The summed E-state index contributed by atoms with van der Waals surface area (Å²) in [7, 11) is 0. The van der Waals surface area contributed by atoms with Gasteiger partial charge in [0.05, 0.1) is 31.1 Å². The van der Waals surface area contributed by atoms with Gasteiger partial charge in [-0.1, -0.05) is 42.5 Å². The fourth-order valence-corrected chi connectivity index (χ4v) is 2.88. The van der Waals surface area contributed by atoms with E-state index in [1.54, 1.807) is 17.0 Å². The zero-order chi connectivity index (χ0) is 18.4. The molecule has 3 rings (SSSR count). The maximum absolute atomic E-state index is 12.4. The van der Waals surface area contributed by atoms with Crippen LogP contribution in [0.5, 0.6) is 5.75 Å². The predicted molar refractivity (Wildman–Crippen MR) is 94.9 cm³/mol. The van der Waals surface area contributed by atoms with Gasteiger partial charge in [0, 0.05) is 12.6 Å². The third-order valence-corrected chi connectivity index (χ3v) is 4.23. The van der Waals surface area contributed by atoms with E-state index in [-0.39, 0.29) is 36.5 Å². The predicted octanol–water partition coefficient (Wildman–Crippen LogP) is 2.96. The first-order chi connectivity index (χ1) is 12.6. The van der Waals surface area contributed by atoms with Gasteiger partial charge in [-0.05, 0) is 11.6 Å². The number of hydrogen-bond donors (Lipinski definition) is 0. The van der Waals surface area contributed by atoms with Crippen molar-refractivity contribution in [2.75, 3.05) is 26.3 Å². The van der Waals surface area contributed by atoms with Crippen molar-refractivity contribution >= 4 is 11.6 Å². The van der Waals surface area contributed by atoms with E-state index in [0.29, 0.717) is 19.7 Å². The summed E-state index contributed by atoms with van der Waals surface area (Å²) in [5.74, 6) is 0.127. The minimum Gasteiger partial charge on any atom is -0.486 e. The molecule has 1 saturated heterocycles. The summed E-state index contributed by atoms with van der Waals surface area (Å²) in [4.78, 5) is 24.7. The second-order valence-corrected chi connectivity index (χ2v) is 5.93. The SMILES string of the molecule is O=C(CCOc1ccccc1[N+](=O)[O-])N1CCO[C@@H](c2ccccc2)C1. The number of nitrogens with zero attached hydrogens (tertiary/aromatic N) is 2. The summed E-state index contributed by atoms with van der Waals surface area (Å²) in [6.45, 7) is 1.61. The molecule has 0 N–H and O–H groups in total. The van der Waals surface area contributed by atoms with Crippen LogP contribution >= 0.6 is 0 Å². The highest BCUT2D eigenvalue weighted by Gasteiger charge is 2.25. The first-order valence-corrected chi connectivity index (χ1v) is 8.45. The van der Waals surface area contributed by atoms with Gasteiger partial charge in [0.2, 0.25) is 5.91 Å². The summed E-state index contributed by atoms with van der Waals surface area (Å²) >= 11 is 0. The second-order valence-electron chi connectivity index (χ2n) is 5.93. The number of amides is 1. The van der Waals surface area contributed by atoms with Gasteiger partial charge in [-0.25, -0.2) is 0 Å². The molecule has 2 aromatic carbocycles. The Morgan fingerprint density at radius 1 is 1.19 bits per heavy atom. The van der Waals surface area contributed by atoms with Crippen molar-refractivity contribution in [1.82, 2.24) is 4.90 Å². The number of morpholine rings is 1. The summed E-state index contributed by atoms with van der Waals surface area (Å²) in [5.41, 5.74) is 0.941. The summed E-state index contributed by atoms with van der Waals surface area (Å²) < 4.78 is 11.2. The van der Waals surface area contributed by atoms with E-state index < -0.39 is 4.92 Å².